The van der Waals surface area contributed by atoms with Gasteiger partial charge in [0.05, 0.1) is 18.4 Å². The molecule has 0 aromatic heterocycles. The second kappa shape index (κ2) is 7.35. The van der Waals surface area contributed by atoms with E-state index in [9.17, 15) is 14.4 Å². The molecule has 2 aliphatic rings. The average Bonchev–Trinajstić information content (AvgIpc) is 3.19. The fraction of sp³-hybridized carbons (Fsp3) is 0.286. The number of carbonyl (C=O) groups is 3. The van der Waals surface area contributed by atoms with Crippen LogP contribution < -0.4 is 4.90 Å². The first kappa shape index (κ1) is 19.7. The Kier molecular flexibility index (Phi) is 5.00. The van der Waals surface area contributed by atoms with Gasteiger partial charge in [-0.2, -0.15) is 0 Å². The first-order valence-electron chi connectivity index (χ1n) is 9.15. The van der Waals surface area contributed by atoms with E-state index in [1.54, 1.807) is 47.4 Å². The van der Waals surface area contributed by atoms with Crippen molar-refractivity contribution in [2.45, 2.75) is 24.8 Å². The van der Waals surface area contributed by atoms with Crippen molar-refractivity contribution in [2.24, 2.45) is 0 Å². The zero-order valence-electron chi connectivity index (χ0n) is 15.7. The molecule has 8 heteroatoms. The van der Waals surface area contributed by atoms with Gasteiger partial charge in [-0.25, -0.2) is 14.5 Å². The number of hydrogen-bond donors (Lipinski definition) is 0. The molecule has 3 amide bonds. The predicted octanol–water partition coefficient (Wildman–Crippen LogP) is 4.32. The zero-order chi connectivity index (χ0) is 20.8. The second-order valence-electron chi connectivity index (χ2n) is 7.20. The molecule has 2 saturated heterocycles. The van der Waals surface area contributed by atoms with Crippen molar-refractivity contribution in [3.05, 3.63) is 63.6 Å². The van der Waals surface area contributed by atoms with Crippen LogP contribution in [-0.2, 0) is 16.0 Å². The Hall–Kier alpha value is -2.57. The Morgan fingerprint density at radius 1 is 1.10 bits per heavy atom. The van der Waals surface area contributed by atoms with Crippen molar-refractivity contribution in [1.29, 1.82) is 0 Å². The molecule has 0 N–H and O–H groups in total. The Balaban J connectivity index is 1.67. The number of halogens is 2. The van der Waals surface area contributed by atoms with Gasteiger partial charge in [-0.15, -0.1) is 0 Å². The maximum Gasteiger partial charge on any atom is 0.337 e. The summed E-state index contributed by atoms with van der Waals surface area (Å²) in [6, 6.07) is 11.2. The molecular weight excluding hydrogens is 415 g/mol. The van der Waals surface area contributed by atoms with Crippen LogP contribution in [0.15, 0.2) is 42.5 Å². The van der Waals surface area contributed by atoms with E-state index < -0.39 is 11.5 Å². The summed E-state index contributed by atoms with van der Waals surface area (Å²) in [6.45, 7) is 0.510. The van der Waals surface area contributed by atoms with Crippen LogP contribution in [-0.4, -0.2) is 42.0 Å². The van der Waals surface area contributed by atoms with Crippen molar-refractivity contribution in [3.8, 4) is 0 Å². The van der Waals surface area contributed by atoms with Gasteiger partial charge in [0.25, 0.3) is 5.91 Å². The fourth-order valence-electron chi connectivity index (χ4n) is 4.17. The topological polar surface area (TPSA) is 66.9 Å². The van der Waals surface area contributed by atoms with E-state index in [4.69, 9.17) is 27.9 Å². The van der Waals surface area contributed by atoms with Crippen LogP contribution >= 0.6 is 23.2 Å². The lowest BCUT2D eigenvalue weighted by molar-refractivity contribution is -0.123. The summed E-state index contributed by atoms with van der Waals surface area (Å²) in [7, 11) is 1.32. The number of urea groups is 1. The standard InChI is InChI=1S/C21H18Cl2N2O4/c1-29-18(26)14-5-3-13(4-6-14)12-21-7-2-8-24(21)20(28)25(19(21)27)17-10-15(22)9-16(23)11-17/h3-6,9-11H,2,7-8,12H2,1H3. The van der Waals surface area contributed by atoms with Crippen molar-refractivity contribution in [3.63, 3.8) is 0 Å². The van der Waals surface area contributed by atoms with Crippen molar-refractivity contribution in [1.82, 2.24) is 4.90 Å². The third-order valence-corrected chi connectivity index (χ3v) is 5.93. The summed E-state index contributed by atoms with van der Waals surface area (Å²) in [4.78, 5) is 41.0. The summed E-state index contributed by atoms with van der Waals surface area (Å²) in [5, 5.41) is 0.709. The first-order chi connectivity index (χ1) is 13.9. The Bertz CT molecular complexity index is 988. The van der Waals surface area contributed by atoms with Gasteiger partial charge >= 0.3 is 12.0 Å². The van der Waals surface area contributed by atoms with Gasteiger partial charge in [0.2, 0.25) is 0 Å². The Morgan fingerprint density at radius 3 is 2.38 bits per heavy atom. The largest absolute Gasteiger partial charge is 0.465 e. The lowest BCUT2D eigenvalue weighted by Gasteiger charge is -2.28. The summed E-state index contributed by atoms with van der Waals surface area (Å²) in [5.41, 5.74) is 0.712. The molecule has 0 spiro atoms. The van der Waals surface area contributed by atoms with E-state index in [1.807, 2.05) is 0 Å². The average molecular weight is 433 g/mol. The molecule has 4 rings (SSSR count). The van der Waals surface area contributed by atoms with Crippen molar-refractivity contribution >= 4 is 46.8 Å². The Labute approximate surface area is 177 Å². The summed E-state index contributed by atoms with van der Waals surface area (Å²) >= 11 is 12.2. The van der Waals surface area contributed by atoms with Crippen LogP contribution in [0.1, 0.15) is 28.8 Å². The zero-order valence-corrected chi connectivity index (χ0v) is 17.2. The molecule has 2 aromatic carbocycles. The number of amides is 3. The van der Waals surface area contributed by atoms with Crippen LogP contribution in [0.5, 0.6) is 0 Å². The minimum Gasteiger partial charge on any atom is -0.465 e. The minimum absolute atomic E-state index is 0.282. The van der Waals surface area contributed by atoms with E-state index in [0.717, 1.165) is 12.0 Å². The van der Waals surface area contributed by atoms with Gasteiger partial charge in [0, 0.05) is 23.0 Å². The number of imide groups is 1. The molecule has 2 aromatic rings. The highest BCUT2D eigenvalue weighted by atomic mass is 35.5. The van der Waals surface area contributed by atoms with Gasteiger partial charge in [-0.1, -0.05) is 35.3 Å². The number of anilines is 1. The number of benzene rings is 2. The van der Waals surface area contributed by atoms with E-state index in [1.165, 1.54) is 12.0 Å². The normalized spacial score (nSPS) is 20.9. The maximum absolute atomic E-state index is 13.5. The molecule has 1 unspecified atom stereocenters. The third-order valence-electron chi connectivity index (χ3n) is 5.49. The van der Waals surface area contributed by atoms with E-state index in [-0.39, 0.29) is 11.9 Å². The number of rotatable bonds is 4. The highest BCUT2D eigenvalue weighted by molar-refractivity contribution is 6.35. The molecule has 6 nitrogen and oxygen atoms in total. The number of hydrogen-bond acceptors (Lipinski definition) is 4. The summed E-state index contributed by atoms with van der Waals surface area (Å²) in [6.07, 6.45) is 1.69. The van der Waals surface area contributed by atoms with Gasteiger partial charge in [0.15, 0.2) is 0 Å². The van der Waals surface area contributed by atoms with E-state index in [2.05, 4.69) is 0 Å². The highest BCUT2D eigenvalue weighted by Gasteiger charge is 2.59. The number of esters is 1. The fourth-order valence-corrected chi connectivity index (χ4v) is 4.68. The third kappa shape index (κ3) is 3.26. The molecule has 0 bridgehead atoms. The smallest absolute Gasteiger partial charge is 0.337 e. The SMILES string of the molecule is COC(=O)c1ccc(CC23CCCN2C(=O)N(c2cc(Cl)cc(Cl)c2)C3=O)cc1. The second-order valence-corrected chi connectivity index (χ2v) is 8.08. The molecule has 0 saturated carbocycles. The predicted molar refractivity (Wildman–Crippen MR) is 110 cm³/mol. The van der Waals surface area contributed by atoms with Gasteiger partial charge in [-0.05, 0) is 48.7 Å². The van der Waals surface area contributed by atoms with Crippen molar-refractivity contribution < 1.29 is 19.1 Å². The number of fused-ring (bicyclic) bond motifs is 1. The molecule has 2 heterocycles. The lowest BCUT2D eigenvalue weighted by atomic mass is 9.87. The minimum atomic E-state index is -0.946. The summed E-state index contributed by atoms with van der Waals surface area (Å²) < 4.78 is 4.72. The molecule has 150 valence electrons. The maximum atomic E-state index is 13.5. The lowest BCUT2D eigenvalue weighted by Crippen LogP contribution is -2.47. The molecule has 0 radical (unpaired) electrons. The summed E-state index contributed by atoms with van der Waals surface area (Å²) in [5.74, 6) is -0.705. The number of ether oxygens (including phenoxy) is 1. The number of carbonyl (C=O) groups excluding carboxylic acids is 3. The molecule has 29 heavy (non-hydrogen) atoms. The highest BCUT2D eigenvalue weighted by Crippen LogP contribution is 2.42. The molecule has 2 fully saturated rings. The van der Waals surface area contributed by atoms with Crippen LogP contribution in [0.25, 0.3) is 0 Å². The van der Waals surface area contributed by atoms with Crippen LogP contribution in [0, 0.1) is 0 Å². The molecular formula is C21H18Cl2N2O4. The van der Waals surface area contributed by atoms with Gasteiger partial charge < -0.3 is 9.64 Å². The quantitative estimate of drug-likeness (QED) is 0.532. The Morgan fingerprint density at radius 2 is 1.76 bits per heavy atom. The molecule has 2 aliphatic heterocycles. The van der Waals surface area contributed by atoms with Crippen LogP contribution in [0.2, 0.25) is 10.0 Å². The van der Waals surface area contributed by atoms with Crippen LogP contribution in [0.3, 0.4) is 0 Å². The van der Waals surface area contributed by atoms with Gasteiger partial charge in [-0.3, -0.25) is 4.79 Å². The number of methoxy groups -OCH3 is 1. The van der Waals surface area contributed by atoms with Crippen LogP contribution in [0.4, 0.5) is 10.5 Å². The van der Waals surface area contributed by atoms with E-state index in [0.29, 0.717) is 40.7 Å². The molecule has 0 aliphatic carbocycles. The van der Waals surface area contributed by atoms with Crippen molar-refractivity contribution in [2.75, 3.05) is 18.6 Å². The monoisotopic (exact) mass is 432 g/mol. The van der Waals surface area contributed by atoms with Gasteiger partial charge in [0.1, 0.15) is 5.54 Å². The molecule has 1 atom stereocenters. The van der Waals surface area contributed by atoms with E-state index >= 15 is 0 Å². The number of nitrogens with zero attached hydrogens (tertiary/aromatic N) is 2. The first-order valence-corrected chi connectivity index (χ1v) is 9.91.